The number of imidazole rings is 1. The Kier molecular flexibility index (Phi) is 4.40. The number of hydrogen-bond acceptors (Lipinski definition) is 3. The molecule has 0 amide bonds. The van der Waals surface area contributed by atoms with E-state index in [4.69, 9.17) is 18.1 Å². The molecule has 0 aliphatic carbocycles. The zero-order chi connectivity index (χ0) is 27.8. The molecule has 41 heavy (non-hydrogen) atoms. The SMILES string of the molecule is [C-]#[N+]c1c([N+]#[C-])c(C#N)c2cc3c(cc2c1C#N)c1c2ccccc2c2ccccc2c1c1nc2ccccc2n31. The maximum Gasteiger partial charge on any atom is 0.213 e. The van der Waals surface area contributed by atoms with Crippen molar-refractivity contribution in [2.45, 2.75) is 0 Å². The van der Waals surface area contributed by atoms with Gasteiger partial charge in [0.25, 0.3) is 0 Å². The highest BCUT2D eigenvalue weighted by atomic mass is 15.0. The summed E-state index contributed by atoms with van der Waals surface area (Å²) in [5, 5.41) is 28.5. The summed E-state index contributed by atoms with van der Waals surface area (Å²) in [5.74, 6) is 0. The molecule has 0 aliphatic heterocycles. The molecule has 0 bridgehead atoms. The fraction of sp³-hybridized carbons (Fsp3) is 0. The molecule has 0 fully saturated rings. The van der Waals surface area contributed by atoms with Crippen molar-refractivity contribution in [2.24, 2.45) is 0 Å². The molecule has 0 radical (unpaired) electrons. The first-order valence-corrected chi connectivity index (χ1v) is 12.8. The molecule has 0 N–H and O–H groups in total. The van der Waals surface area contributed by atoms with E-state index in [0.29, 0.717) is 10.8 Å². The van der Waals surface area contributed by atoms with Crippen LogP contribution >= 0.6 is 0 Å². The predicted octanol–water partition coefficient (Wildman–Crippen LogP) is 9.10. The second-order valence-electron chi connectivity index (χ2n) is 9.91. The first-order valence-electron chi connectivity index (χ1n) is 12.8. The highest BCUT2D eigenvalue weighted by Gasteiger charge is 2.24. The van der Waals surface area contributed by atoms with E-state index in [2.05, 4.69) is 50.5 Å². The summed E-state index contributed by atoms with van der Waals surface area (Å²) in [6.45, 7) is 15.5. The molecule has 8 rings (SSSR count). The van der Waals surface area contributed by atoms with Gasteiger partial charge in [-0.2, -0.15) is 10.5 Å². The van der Waals surface area contributed by atoms with Gasteiger partial charge >= 0.3 is 0 Å². The molecule has 0 aliphatic rings. The van der Waals surface area contributed by atoms with Gasteiger partial charge in [-0.05, 0) is 56.6 Å². The van der Waals surface area contributed by atoms with Crippen LogP contribution < -0.4 is 0 Å². The van der Waals surface area contributed by atoms with Gasteiger partial charge in [-0.1, -0.05) is 60.7 Å². The third-order valence-electron chi connectivity index (χ3n) is 8.05. The first kappa shape index (κ1) is 22.5. The van der Waals surface area contributed by atoms with E-state index in [0.717, 1.165) is 59.9 Å². The Hall–Kier alpha value is -6.47. The summed E-state index contributed by atoms with van der Waals surface area (Å²) >= 11 is 0. The molecule has 0 saturated heterocycles. The topological polar surface area (TPSA) is 73.6 Å². The van der Waals surface area contributed by atoms with Gasteiger partial charge in [0.1, 0.15) is 5.65 Å². The zero-order valence-electron chi connectivity index (χ0n) is 21.3. The number of para-hydroxylation sites is 2. The summed E-state index contributed by atoms with van der Waals surface area (Å²) in [6, 6.07) is 32.6. The van der Waals surface area contributed by atoms with Gasteiger partial charge in [0, 0.05) is 16.2 Å². The van der Waals surface area contributed by atoms with Crippen molar-refractivity contribution in [3.05, 3.63) is 119 Å². The van der Waals surface area contributed by atoms with E-state index >= 15 is 0 Å². The van der Waals surface area contributed by atoms with Gasteiger partial charge in [-0.15, -0.1) is 0 Å². The lowest BCUT2D eigenvalue weighted by Gasteiger charge is -2.17. The highest BCUT2D eigenvalue weighted by molar-refractivity contribution is 6.35. The van der Waals surface area contributed by atoms with Crippen molar-refractivity contribution >= 4 is 82.0 Å². The molecule has 0 spiro atoms. The van der Waals surface area contributed by atoms with Crippen LogP contribution in [-0.4, -0.2) is 9.38 Å². The number of pyridine rings is 1. The molecule has 0 unspecified atom stereocenters. The number of benzene rings is 6. The molecule has 6 aromatic carbocycles. The van der Waals surface area contributed by atoms with Crippen LogP contribution in [0.15, 0.2) is 84.9 Å². The molecule has 2 heterocycles. The summed E-state index contributed by atoms with van der Waals surface area (Å²) in [4.78, 5) is 12.2. The molecule has 0 atom stereocenters. The molecule has 2 aromatic heterocycles. The number of nitriles is 2. The summed E-state index contributed by atoms with van der Waals surface area (Å²) in [7, 11) is 0. The van der Waals surface area contributed by atoms with Crippen LogP contribution in [0.3, 0.4) is 0 Å². The van der Waals surface area contributed by atoms with Crippen LogP contribution in [0.5, 0.6) is 0 Å². The monoisotopic (exact) mass is 518 g/mol. The fourth-order valence-corrected chi connectivity index (χ4v) is 6.41. The summed E-state index contributed by atoms with van der Waals surface area (Å²) < 4.78 is 2.11. The molecule has 8 aromatic rings. The normalized spacial score (nSPS) is 11.3. The predicted molar refractivity (Wildman–Crippen MR) is 162 cm³/mol. The third-order valence-corrected chi connectivity index (χ3v) is 8.05. The van der Waals surface area contributed by atoms with Gasteiger partial charge in [-0.25, -0.2) is 14.7 Å². The van der Waals surface area contributed by atoms with Crippen LogP contribution in [0.2, 0.25) is 0 Å². The average Bonchev–Trinajstić information content (AvgIpc) is 3.42. The van der Waals surface area contributed by atoms with Crippen molar-refractivity contribution in [2.75, 3.05) is 0 Å². The highest BCUT2D eigenvalue weighted by Crippen LogP contribution is 2.46. The Morgan fingerprint density at radius 2 is 1.12 bits per heavy atom. The van der Waals surface area contributed by atoms with E-state index in [9.17, 15) is 10.5 Å². The minimum atomic E-state index is -0.0881. The van der Waals surface area contributed by atoms with Crippen LogP contribution in [0, 0.1) is 35.8 Å². The second-order valence-corrected chi connectivity index (χ2v) is 9.91. The maximum absolute atomic E-state index is 10.2. The number of hydrogen-bond donors (Lipinski definition) is 0. The van der Waals surface area contributed by atoms with E-state index in [1.165, 1.54) is 0 Å². The summed E-state index contributed by atoms with van der Waals surface area (Å²) in [5.41, 5.74) is 3.38. The lowest BCUT2D eigenvalue weighted by molar-refractivity contribution is 1.32. The van der Waals surface area contributed by atoms with Crippen molar-refractivity contribution in [1.82, 2.24) is 9.38 Å². The fourth-order valence-electron chi connectivity index (χ4n) is 6.41. The van der Waals surface area contributed by atoms with E-state index in [1.807, 2.05) is 60.7 Å². The van der Waals surface area contributed by atoms with Gasteiger partial charge in [0.15, 0.2) is 0 Å². The largest absolute Gasteiger partial charge is 0.292 e. The minimum absolute atomic E-state index is 0.0836. The third kappa shape index (κ3) is 2.73. The minimum Gasteiger partial charge on any atom is -0.292 e. The van der Waals surface area contributed by atoms with Crippen LogP contribution in [0.4, 0.5) is 11.4 Å². The standard InChI is InChI=1S/C35H14N6/c1-38-33-26(17-36)23-15-25-30(16-24(23)27(18-37)34(33)39-2)41-29-14-8-7-13-28(29)40-35(41)32-22-12-6-4-10-20(22)19-9-3-5-11-21(19)31(25)32/h3-16H. The smallest absolute Gasteiger partial charge is 0.213 e. The maximum atomic E-state index is 10.2. The number of nitrogens with zero attached hydrogens (tertiary/aromatic N) is 6. The van der Waals surface area contributed by atoms with Crippen LogP contribution in [-0.2, 0) is 0 Å². The molecule has 0 saturated carbocycles. The van der Waals surface area contributed by atoms with Crippen molar-refractivity contribution in [1.29, 1.82) is 10.5 Å². The number of fused-ring (bicyclic) bond motifs is 14. The van der Waals surface area contributed by atoms with Gasteiger partial charge in [-0.3, -0.25) is 4.40 Å². The molecule has 6 heteroatoms. The van der Waals surface area contributed by atoms with Crippen LogP contribution in [0.1, 0.15) is 11.1 Å². The zero-order valence-corrected chi connectivity index (χ0v) is 21.3. The van der Waals surface area contributed by atoms with Crippen molar-refractivity contribution in [3.63, 3.8) is 0 Å². The van der Waals surface area contributed by atoms with Crippen LogP contribution in [0.25, 0.3) is 80.4 Å². The Balaban J connectivity index is 1.81. The lowest BCUT2D eigenvalue weighted by atomic mass is 9.90. The van der Waals surface area contributed by atoms with Gasteiger partial charge in [0.05, 0.1) is 53.0 Å². The van der Waals surface area contributed by atoms with E-state index in [1.54, 1.807) is 0 Å². The summed E-state index contributed by atoms with van der Waals surface area (Å²) in [6.07, 6.45) is 0. The second kappa shape index (κ2) is 8.02. The van der Waals surface area contributed by atoms with E-state index < -0.39 is 0 Å². The molecular formula is C35H14N6. The van der Waals surface area contributed by atoms with Gasteiger partial charge < -0.3 is 0 Å². The van der Waals surface area contributed by atoms with Crippen molar-refractivity contribution < 1.29 is 0 Å². The molecular weight excluding hydrogens is 504 g/mol. The van der Waals surface area contributed by atoms with Crippen molar-refractivity contribution in [3.8, 4) is 12.1 Å². The Labute approximate surface area is 232 Å². The molecule has 184 valence electrons. The van der Waals surface area contributed by atoms with Gasteiger partial charge in [0.2, 0.25) is 11.4 Å². The average molecular weight is 519 g/mol. The van der Waals surface area contributed by atoms with E-state index in [-0.39, 0.29) is 22.5 Å². The quantitative estimate of drug-likeness (QED) is 0.114. The molecule has 6 nitrogen and oxygen atoms in total. The lowest BCUT2D eigenvalue weighted by Crippen LogP contribution is -1.96. The first-order chi connectivity index (χ1) is 20.2. The number of rotatable bonds is 0. The Morgan fingerprint density at radius 3 is 1.73 bits per heavy atom. The Bertz CT molecular complexity index is 2690. The Morgan fingerprint density at radius 1 is 0.585 bits per heavy atom. The number of aromatic nitrogens is 2.